The maximum Gasteiger partial charge on any atom is 0.198 e. The summed E-state index contributed by atoms with van der Waals surface area (Å²) in [6.45, 7) is 0. The summed E-state index contributed by atoms with van der Waals surface area (Å²) in [5, 5.41) is 0. The van der Waals surface area contributed by atoms with Crippen LogP contribution in [0.15, 0.2) is 42.5 Å². The molecule has 0 heterocycles. The first-order valence-corrected chi connectivity index (χ1v) is 4.94. The van der Waals surface area contributed by atoms with Crippen LogP contribution in [0, 0.1) is 11.6 Å². The summed E-state index contributed by atoms with van der Waals surface area (Å²) in [5.74, 6) is -1.86. The Morgan fingerprint density at radius 2 is 1.71 bits per heavy atom. The maximum absolute atomic E-state index is 13.4. The fourth-order valence-corrected chi connectivity index (χ4v) is 1.52. The molecule has 0 saturated heterocycles. The molecule has 0 aliphatic heterocycles. The molecule has 17 heavy (non-hydrogen) atoms. The first kappa shape index (κ1) is 11.3. The van der Waals surface area contributed by atoms with Gasteiger partial charge in [0.15, 0.2) is 5.78 Å². The molecule has 4 heteroatoms. The molecular weight excluding hydrogens is 224 g/mol. The van der Waals surface area contributed by atoms with Crippen LogP contribution in [0.3, 0.4) is 0 Å². The second-order valence-electron chi connectivity index (χ2n) is 3.54. The monoisotopic (exact) mass is 233 g/mol. The quantitative estimate of drug-likeness (QED) is 0.640. The molecule has 2 N–H and O–H groups in total. The Balaban J connectivity index is 2.51. The van der Waals surface area contributed by atoms with E-state index >= 15 is 0 Å². The average molecular weight is 233 g/mol. The Kier molecular flexibility index (Phi) is 2.87. The standard InChI is InChI=1S/C13H9F2NO/c14-8-5-6-12(16)10(7-8)13(17)9-3-1-2-4-11(9)15/h1-7H,16H2. The summed E-state index contributed by atoms with van der Waals surface area (Å²) in [6, 6.07) is 8.94. The predicted molar refractivity (Wildman–Crippen MR) is 60.6 cm³/mol. The summed E-state index contributed by atoms with van der Waals surface area (Å²) in [7, 11) is 0. The van der Waals surface area contributed by atoms with Crippen LogP contribution in [0.4, 0.5) is 14.5 Å². The number of hydrogen-bond acceptors (Lipinski definition) is 2. The predicted octanol–water partition coefficient (Wildman–Crippen LogP) is 2.78. The van der Waals surface area contributed by atoms with E-state index in [0.29, 0.717) is 0 Å². The molecule has 2 rings (SSSR count). The first-order valence-electron chi connectivity index (χ1n) is 4.94. The van der Waals surface area contributed by atoms with Crippen molar-refractivity contribution in [1.82, 2.24) is 0 Å². The van der Waals surface area contributed by atoms with Gasteiger partial charge in [-0.15, -0.1) is 0 Å². The SMILES string of the molecule is Nc1ccc(F)cc1C(=O)c1ccccc1F. The number of carbonyl (C=O) groups excluding carboxylic acids is 1. The first-order chi connectivity index (χ1) is 8.09. The molecule has 2 aromatic rings. The van der Waals surface area contributed by atoms with E-state index in [1.807, 2.05) is 0 Å². The van der Waals surface area contributed by atoms with Crippen LogP contribution >= 0.6 is 0 Å². The lowest BCUT2D eigenvalue weighted by molar-refractivity contribution is 0.103. The van der Waals surface area contributed by atoms with Crippen molar-refractivity contribution in [3.05, 3.63) is 65.2 Å². The van der Waals surface area contributed by atoms with Crippen molar-refractivity contribution >= 4 is 11.5 Å². The lowest BCUT2D eigenvalue weighted by atomic mass is 10.0. The molecule has 0 aliphatic rings. The van der Waals surface area contributed by atoms with Gasteiger partial charge in [0.1, 0.15) is 11.6 Å². The minimum absolute atomic E-state index is 0.0323. The van der Waals surface area contributed by atoms with Gasteiger partial charge in [-0.25, -0.2) is 8.78 Å². The molecule has 0 aliphatic carbocycles. The Bertz CT molecular complexity index is 581. The van der Waals surface area contributed by atoms with Crippen LogP contribution in [-0.4, -0.2) is 5.78 Å². The number of carbonyl (C=O) groups is 1. The molecule has 0 radical (unpaired) electrons. The van der Waals surface area contributed by atoms with Crippen LogP contribution in [0.2, 0.25) is 0 Å². The van der Waals surface area contributed by atoms with Crippen molar-refractivity contribution in [2.75, 3.05) is 5.73 Å². The topological polar surface area (TPSA) is 43.1 Å². The van der Waals surface area contributed by atoms with Gasteiger partial charge >= 0.3 is 0 Å². The third-order valence-electron chi connectivity index (χ3n) is 2.38. The minimum atomic E-state index is -0.652. The van der Waals surface area contributed by atoms with Crippen LogP contribution in [-0.2, 0) is 0 Å². The Hall–Kier alpha value is -2.23. The summed E-state index contributed by atoms with van der Waals surface area (Å²) in [5.41, 5.74) is 5.54. The highest BCUT2D eigenvalue weighted by Crippen LogP contribution is 2.19. The molecule has 0 amide bonds. The zero-order valence-corrected chi connectivity index (χ0v) is 8.78. The lowest BCUT2D eigenvalue weighted by Gasteiger charge is -2.05. The fraction of sp³-hybridized carbons (Fsp3) is 0. The van der Waals surface area contributed by atoms with E-state index in [9.17, 15) is 13.6 Å². The van der Waals surface area contributed by atoms with Crippen molar-refractivity contribution < 1.29 is 13.6 Å². The molecule has 0 fully saturated rings. The minimum Gasteiger partial charge on any atom is -0.398 e. The van der Waals surface area contributed by atoms with Gasteiger partial charge in [-0.05, 0) is 30.3 Å². The molecular formula is C13H9F2NO. The molecule has 0 saturated carbocycles. The zero-order chi connectivity index (χ0) is 12.4. The summed E-state index contributed by atoms with van der Waals surface area (Å²) in [6.07, 6.45) is 0. The third-order valence-corrected chi connectivity index (χ3v) is 2.38. The zero-order valence-electron chi connectivity index (χ0n) is 8.78. The van der Waals surface area contributed by atoms with Crippen LogP contribution < -0.4 is 5.73 Å². The van der Waals surface area contributed by atoms with Gasteiger partial charge in [0.05, 0.1) is 5.56 Å². The van der Waals surface area contributed by atoms with Crippen molar-refractivity contribution in [3.63, 3.8) is 0 Å². The Morgan fingerprint density at radius 3 is 2.41 bits per heavy atom. The largest absolute Gasteiger partial charge is 0.398 e. The second-order valence-corrected chi connectivity index (χ2v) is 3.54. The smallest absolute Gasteiger partial charge is 0.198 e. The second kappa shape index (κ2) is 4.33. The molecule has 0 bridgehead atoms. The van der Waals surface area contributed by atoms with Crippen molar-refractivity contribution in [2.45, 2.75) is 0 Å². The van der Waals surface area contributed by atoms with Gasteiger partial charge in [-0.3, -0.25) is 4.79 Å². The highest BCUT2D eigenvalue weighted by Gasteiger charge is 2.16. The molecule has 0 spiro atoms. The van der Waals surface area contributed by atoms with E-state index in [4.69, 9.17) is 5.73 Å². The van der Waals surface area contributed by atoms with Crippen molar-refractivity contribution in [2.24, 2.45) is 0 Å². The van der Waals surface area contributed by atoms with Crippen LogP contribution in [0.25, 0.3) is 0 Å². The molecule has 0 unspecified atom stereocenters. The van der Waals surface area contributed by atoms with Crippen molar-refractivity contribution in [1.29, 1.82) is 0 Å². The van der Waals surface area contributed by atoms with Gasteiger partial charge < -0.3 is 5.73 Å². The van der Waals surface area contributed by atoms with Crippen molar-refractivity contribution in [3.8, 4) is 0 Å². The normalized spacial score (nSPS) is 10.2. The van der Waals surface area contributed by atoms with Gasteiger partial charge in [0.25, 0.3) is 0 Å². The number of anilines is 1. The number of hydrogen-bond donors (Lipinski definition) is 1. The maximum atomic E-state index is 13.4. The van der Waals surface area contributed by atoms with E-state index in [-0.39, 0.29) is 16.8 Å². The molecule has 0 aromatic heterocycles. The highest BCUT2D eigenvalue weighted by molar-refractivity contribution is 6.12. The molecule has 2 nitrogen and oxygen atoms in total. The van der Waals surface area contributed by atoms with E-state index in [2.05, 4.69) is 0 Å². The molecule has 0 atom stereocenters. The summed E-state index contributed by atoms with van der Waals surface area (Å²) >= 11 is 0. The molecule has 2 aromatic carbocycles. The summed E-state index contributed by atoms with van der Waals surface area (Å²) < 4.78 is 26.4. The number of nitrogen functional groups attached to an aromatic ring is 1. The summed E-state index contributed by atoms with van der Waals surface area (Å²) in [4.78, 5) is 12.0. The van der Waals surface area contributed by atoms with Crippen LogP contribution in [0.5, 0.6) is 0 Å². The third kappa shape index (κ3) is 2.15. The lowest BCUT2D eigenvalue weighted by Crippen LogP contribution is -2.07. The average Bonchev–Trinajstić information content (AvgIpc) is 2.32. The van der Waals surface area contributed by atoms with Gasteiger partial charge in [-0.2, -0.15) is 0 Å². The number of rotatable bonds is 2. The Morgan fingerprint density at radius 1 is 1.00 bits per heavy atom. The van der Waals surface area contributed by atoms with E-state index < -0.39 is 17.4 Å². The van der Waals surface area contributed by atoms with Gasteiger partial charge in [-0.1, -0.05) is 12.1 Å². The number of ketones is 1. The highest BCUT2D eigenvalue weighted by atomic mass is 19.1. The molecule has 86 valence electrons. The van der Waals surface area contributed by atoms with E-state index in [1.54, 1.807) is 0 Å². The number of benzene rings is 2. The van der Waals surface area contributed by atoms with E-state index in [1.165, 1.54) is 30.3 Å². The van der Waals surface area contributed by atoms with E-state index in [0.717, 1.165) is 12.1 Å². The fourth-order valence-electron chi connectivity index (χ4n) is 1.52. The van der Waals surface area contributed by atoms with Gasteiger partial charge in [0.2, 0.25) is 0 Å². The van der Waals surface area contributed by atoms with Crippen LogP contribution in [0.1, 0.15) is 15.9 Å². The number of halogens is 2. The number of nitrogens with two attached hydrogens (primary N) is 1. The van der Waals surface area contributed by atoms with Gasteiger partial charge in [0, 0.05) is 11.3 Å². The Labute approximate surface area is 96.7 Å².